The third-order valence-corrected chi connectivity index (χ3v) is 8.28. The molecular formula is C20H30N2O4. The minimum atomic E-state index is -0.687. The summed E-state index contributed by atoms with van der Waals surface area (Å²) in [6.07, 6.45) is 7.18. The van der Waals surface area contributed by atoms with Gasteiger partial charge in [0.2, 0.25) is 6.54 Å². The Morgan fingerprint density at radius 2 is 1.92 bits per heavy atom. The van der Waals surface area contributed by atoms with Gasteiger partial charge in [0, 0.05) is 16.3 Å². The minimum absolute atomic E-state index is 0.0507. The lowest BCUT2D eigenvalue weighted by molar-refractivity contribution is -0.490. The van der Waals surface area contributed by atoms with E-state index in [1.807, 2.05) is 0 Å². The first-order valence-electron chi connectivity index (χ1n) is 10.2. The molecule has 4 rings (SSSR count). The van der Waals surface area contributed by atoms with Crippen molar-refractivity contribution in [2.45, 2.75) is 77.9 Å². The molecule has 26 heavy (non-hydrogen) atoms. The van der Waals surface area contributed by atoms with E-state index in [2.05, 4.69) is 20.8 Å². The maximum Gasteiger partial charge on any atom is 0.332 e. The fourth-order valence-electron chi connectivity index (χ4n) is 6.28. The van der Waals surface area contributed by atoms with E-state index in [0.29, 0.717) is 5.92 Å². The molecule has 0 aromatic carbocycles. The van der Waals surface area contributed by atoms with Crippen LogP contribution in [0.2, 0.25) is 0 Å². The van der Waals surface area contributed by atoms with E-state index in [-0.39, 0.29) is 46.2 Å². The van der Waals surface area contributed by atoms with Crippen LogP contribution in [0, 0.1) is 38.7 Å². The first kappa shape index (κ1) is 17.9. The van der Waals surface area contributed by atoms with Gasteiger partial charge in [-0.15, -0.1) is 0 Å². The first-order chi connectivity index (χ1) is 12.3. The van der Waals surface area contributed by atoms with Gasteiger partial charge in [-0.2, -0.15) is 0 Å². The Balaban J connectivity index is 1.68. The van der Waals surface area contributed by atoms with Crippen molar-refractivity contribution >= 4 is 11.7 Å². The summed E-state index contributed by atoms with van der Waals surface area (Å²) in [6.45, 7) is 6.54. The highest BCUT2D eigenvalue weighted by atomic mass is 16.6. The van der Waals surface area contributed by atoms with Crippen LogP contribution in [0.5, 0.6) is 0 Å². The van der Waals surface area contributed by atoms with Crippen molar-refractivity contribution in [2.75, 3.05) is 6.54 Å². The van der Waals surface area contributed by atoms with E-state index in [1.54, 1.807) is 0 Å². The van der Waals surface area contributed by atoms with Gasteiger partial charge >= 0.3 is 5.97 Å². The highest BCUT2D eigenvalue weighted by Gasteiger charge is 2.68. The number of esters is 1. The SMILES string of the molecule is CC1(C)[C@@H]2CC[C@@]1(C)[C@@H]1OC(=O)[C@@H]([C@H](C[N+](=O)[O-])C3CCCCC3)N=C21. The molecule has 0 radical (unpaired) electrons. The number of ether oxygens (including phenoxy) is 1. The van der Waals surface area contributed by atoms with E-state index in [9.17, 15) is 14.9 Å². The number of nitro groups is 1. The molecule has 0 saturated heterocycles. The second-order valence-electron chi connectivity index (χ2n) is 9.62. The molecule has 6 nitrogen and oxygen atoms in total. The molecule has 0 spiro atoms. The molecule has 3 aliphatic carbocycles. The lowest BCUT2D eigenvalue weighted by Gasteiger charge is -2.40. The monoisotopic (exact) mass is 362 g/mol. The van der Waals surface area contributed by atoms with Gasteiger partial charge in [0.15, 0.2) is 6.04 Å². The average molecular weight is 362 g/mol. The summed E-state index contributed by atoms with van der Waals surface area (Å²) in [7, 11) is 0. The van der Waals surface area contributed by atoms with Crippen LogP contribution in [0.4, 0.5) is 0 Å². The fraction of sp³-hybridized carbons (Fsp3) is 0.900. The number of hydrogen-bond donors (Lipinski definition) is 0. The topological polar surface area (TPSA) is 81.8 Å². The summed E-state index contributed by atoms with van der Waals surface area (Å²) in [4.78, 5) is 28.8. The number of carbonyl (C=O) groups excluding carboxylic acids is 1. The second kappa shape index (κ2) is 6.03. The average Bonchev–Trinajstić information content (AvgIpc) is 2.92. The van der Waals surface area contributed by atoms with Gasteiger partial charge in [0.05, 0.1) is 11.6 Å². The molecule has 0 aromatic rings. The quantitative estimate of drug-likeness (QED) is 0.434. The Morgan fingerprint density at radius 1 is 1.23 bits per heavy atom. The van der Waals surface area contributed by atoms with Crippen molar-refractivity contribution in [3.05, 3.63) is 10.1 Å². The molecule has 0 N–H and O–H groups in total. The normalized spacial score (nSPS) is 39.9. The summed E-state index contributed by atoms with van der Waals surface area (Å²) in [6, 6.07) is -0.687. The van der Waals surface area contributed by atoms with E-state index in [0.717, 1.165) is 44.2 Å². The van der Waals surface area contributed by atoms with Crippen LogP contribution in [0.1, 0.15) is 65.7 Å². The van der Waals surface area contributed by atoms with Gasteiger partial charge in [-0.1, -0.05) is 40.0 Å². The van der Waals surface area contributed by atoms with Crippen LogP contribution >= 0.6 is 0 Å². The molecule has 4 aliphatic rings. The molecule has 3 saturated carbocycles. The third kappa shape index (κ3) is 2.43. The number of nitrogens with zero attached hydrogens (tertiary/aromatic N) is 2. The van der Waals surface area contributed by atoms with Gasteiger partial charge in [0.1, 0.15) is 6.10 Å². The Hall–Kier alpha value is -1.46. The zero-order chi connectivity index (χ0) is 18.7. The second-order valence-corrected chi connectivity index (χ2v) is 9.62. The smallest absolute Gasteiger partial charge is 0.332 e. The summed E-state index contributed by atoms with van der Waals surface area (Å²) >= 11 is 0. The van der Waals surface area contributed by atoms with Gasteiger partial charge in [-0.3, -0.25) is 15.1 Å². The number of carbonyl (C=O) groups is 1. The number of fused-ring (bicyclic) bond motifs is 5. The summed E-state index contributed by atoms with van der Waals surface area (Å²) in [5, 5.41) is 11.3. The zero-order valence-electron chi connectivity index (χ0n) is 16.1. The van der Waals surface area contributed by atoms with Gasteiger partial charge in [-0.05, 0) is 37.0 Å². The number of hydrogen-bond acceptors (Lipinski definition) is 5. The summed E-state index contributed by atoms with van der Waals surface area (Å²) in [5.74, 6) is -0.132. The molecule has 0 unspecified atom stereocenters. The van der Waals surface area contributed by atoms with Gasteiger partial charge < -0.3 is 4.74 Å². The molecule has 0 amide bonds. The Kier molecular flexibility index (Phi) is 4.16. The largest absolute Gasteiger partial charge is 0.454 e. The van der Waals surface area contributed by atoms with Crippen molar-refractivity contribution < 1.29 is 14.5 Å². The van der Waals surface area contributed by atoms with E-state index in [1.165, 1.54) is 6.42 Å². The van der Waals surface area contributed by atoms with Gasteiger partial charge in [-0.25, -0.2) is 4.79 Å². The van der Waals surface area contributed by atoms with E-state index < -0.39 is 6.04 Å². The van der Waals surface area contributed by atoms with Crippen LogP contribution in [0.25, 0.3) is 0 Å². The Bertz CT molecular complexity index is 652. The molecule has 2 bridgehead atoms. The Labute approximate surface area is 154 Å². The molecule has 6 heteroatoms. The van der Waals surface area contributed by atoms with Crippen molar-refractivity contribution in [3.8, 4) is 0 Å². The molecule has 3 fully saturated rings. The van der Waals surface area contributed by atoms with E-state index >= 15 is 0 Å². The van der Waals surface area contributed by atoms with Crippen molar-refractivity contribution in [1.82, 2.24) is 0 Å². The maximum atomic E-state index is 12.9. The third-order valence-electron chi connectivity index (χ3n) is 8.28. The van der Waals surface area contributed by atoms with Crippen LogP contribution in [-0.4, -0.2) is 35.3 Å². The highest BCUT2D eigenvalue weighted by Crippen LogP contribution is 2.65. The van der Waals surface area contributed by atoms with Gasteiger partial charge in [0.25, 0.3) is 0 Å². The maximum absolute atomic E-state index is 12.9. The van der Waals surface area contributed by atoms with Crippen LogP contribution in [0.3, 0.4) is 0 Å². The first-order valence-corrected chi connectivity index (χ1v) is 10.2. The van der Waals surface area contributed by atoms with Crippen LogP contribution < -0.4 is 0 Å². The molecule has 144 valence electrons. The summed E-state index contributed by atoms with van der Waals surface area (Å²) < 4.78 is 5.96. The highest BCUT2D eigenvalue weighted by molar-refractivity contribution is 6.01. The molecule has 1 heterocycles. The minimum Gasteiger partial charge on any atom is -0.454 e. The standard InChI is InChI=1S/C20H30N2O4/c1-19(2)14-9-10-20(19,3)17-16(14)21-15(18(23)26-17)13(11-22(24)25)12-7-5-4-6-8-12/h12-15,17H,4-11H2,1-3H3/t13-,14-,15-,17-,20+/m1/s1. The van der Waals surface area contributed by atoms with Crippen LogP contribution in [0.15, 0.2) is 4.99 Å². The van der Waals surface area contributed by atoms with Crippen molar-refractivity contribution in [2.24, 2.45) is 33.6 Å². The molecule has 0 aromatic heterocycles. The molecular weight excluding hydrogens is 332 g/mol. The van der Waals surface area contributed by atoms with E-state index in [4.69, 9.17) is 9.73 Å². The van der Waals surface area contributed by atoms with Crippen molar-refractivity contribution in [1.29, 1.82) is 0 Å². The zero-order valence-corrected chi connectivity index (χ0v) is 16.1. The predicted octanol–water partition coefficient (Wildman–Crippen LogP) is 3.65. The lowest BCUT2D eigenvalue weighted by atomic mass is 9.70. The predicted molar refractivity (Wildman–Crippen MR) is 97.6 cm³/mol. The number of rotatable bonds is 4. The van der Waals surface area contributed by atoms with Crippen LogP contribution in [-0.2, 0) is 9.53 Å². The number of aliphatic imine (C=N–C) groups is 1. The molecule has 1 aliphatic heterocycles. The Morgan fingerprint density at radius 3 is 2.58 bits per heavy atom. The van der Waals surface area contributed by atoms with Crippen molar-refractivity contribution in [3.63, 3.8) is 0 Å². The fourth-order valence-corrected chi connectivity index (χ4v) is 6.28. The molecule has 5 atom stereocenters. The lowest BCUT2D eigenvalue weighted by Crippen LogP contribution is -2.50. The summed E-state index contributed by atoms with van der Waals surface area (Å²) in [5.41, 5.74) is 0.993.